The average Bonchev–Trinajstić information content (AvgIpc) is 2.78. The van der Waals surface area contributed by atoms with Crippen molar-refractivity contribution in [2.75, 3.05) is 5.73 Å². The highest BCUT2D eigenvalue weighted by atomic mass is 16.1. The van der Waals surface area contributed by atoms with Gasteiger partial charge in [-0.1, -0.05) is 27.2 Å². The molecule has 4 nitrogen and oxygen atoms in total. The van der Waals surface area contributed by atoms with Crippen molar-refractivity contribution in [3.63, 3.8) is 0 Å². The maximum absolute atomic E-state index is 11.9. The van der Waals surface area contributed by atoms with Crippen LogP contribution in [-0.2, 0) is 11.8 Å². The first-order chi connectivity index (χ1) is 11.8. The van der Waals surface area contributed by atoms with Crippen molar-refractivity contribution in [2.45, 2.75) is 52.4 Å². The minimum atomic E-state index is 0.198. The zero-order valence-corrected chi connectivity index (χ0v) is 15.9. The Bertz CT molecular complexity index is 847. The van der Waals surface area contributed by atoms with Crippen molar-refractivity contribution in [1.82, 2.24) is 4.57 Å². The number of anilines is 1. The molecule has 134 valence electrons. The number of benzene rings is 1. The Morgan fingerprint density at radius 3 is 2.64 bits per heavy atom. The second-order valence-corrected chi connectivity index (χ2v) is 7.79. The molecule has 1 aromatic carbocycles. The number of nitrogens with two attached hydrogens (primary N) is 1. The van der Waals surface area contributed by atoms with E-state index in [0.29, 0.717) is 29.2 Å². The molecule has 0 amide bonds. The zero-order valence-electron chi connectivity index (χ0n) is 15.9. The number of fused-ring (bicyclic) bond motifs is 1. The minimum Gasteiger partial charge on any atom is -0.398 e. The van der Waals surface area contributed by atoms with E-state index in [4.69, 9.17) is 11.1 Å². The van der Waals surface area contributed by atoms with E-state index < -0.39 is 0 Å². The number of carbonyl (C=O) groups is 1. The summed E-state index contributed by atoms with van der Waals surface area (Å²) in [6.45, 7) is 8.36. The number of nitrogens with zero attached hydrogens (tertiary/aromatic N) is 1. The van der Waals surface area contributed by atoms with Crippen LogP contribution in [0.2, 0.25) is 0 Å². The van der Waals surface area contributed by atoms with Gasteiger partial charge in [-0.3, -0.25) is 4.79 Å². The fourth-order valence-electron chi connectivity index (χ4n) is 4.85. The molecule has 4 heteroatoms. The number of hydrogen-bond donors (Lipinski definition) is 2. The second-order valence-electron chi connectivity index (χ2n) is 7.79. The molecule has 0 spiro atoms. The lowest BCUT2D eigenvalue weighted by molar-refractivity contribution is -0.126. The Balaban J connectivity index is 2.23. The quantitative estimate of drug-likeness (QED) is 0.617. The van der Waals surface area contributed by atoms with E-state index in [1.807, 2.05) is 12.1 Å². The van der Waals surface area contributed by atoms with E-state index in [2.05, 4.69) is 32.4 Å². The van der Waals surface area contributed by atoms with Crippen LogP contribution in [-0.4, -0.2) is 16.6 Å². The highest BCUT2D eigenvalue weighted by Crippen LogP contribution is 2.53. The fourth-order valence-corrected chi connectivity index (χ4v) is 4.85. The van der Waals surface area contributed by atoms with Crippen LogP contribution >= 0.6 is 0 Å². The third kappa shape index (κ3) is 2.59. The predicted molar refractivity (Wildman–Crippen MR) is 105 cm³/mol. The lowest BCUT2D eigenvalue weighted by atomic mass is 9.59. The lowest BCUT2D eigenvalue weighted by Crippen LogP contribution is -2.39. The van der Waals surface area contributed by atoms with Crippen LogP contribution in [0.15, 0.2) is 12.1 Å². The first-order valence-electron chi connectivity index (χ1n) is 9.24. The summed E-state index contributed by atoms with van der Waals surface area (Å²) in [5.41, 5.74) is 11.4. The SMILES string of the molecule is CCC1C(C(C)=O)CC1c1c(C(C)C)n(C)c2cc(C=N)c(N)cc12. The average molecular weight is 339 g/mol. The number of nitrogen functional groups attached to an aromatic ring is 1. The molecule has 0 aliphatic heterocycles. The van der Waals surface area contributed by atoms with Crippen molar-refractivity contribution in [1.29, 1.82) is 5.41 Å². The Labute approximate surface area is 149 Å². The first-order valence-corrected chi connectivity index (χ1v) is 9.24. The third-order valence-corrected chi connectivity index (χ3v) is 6.10. The molecule has 0 saturated heterocycles. The van der Waals surface area contributed by atoms with Crippen LogP contribution in [0, 0.1) is 17.2 Å². The normalized spacial score (nSPS) is 23.0. The van der Waals surface area contributed by atoms with Gasteiger partial charge in [0, 0.05) is 47.0 Å². The molecule has 1 fully saturated rings. The topological polar surface area (TPSA) is 71.9 Å². The van der Waals surface area contributed by atoms with E-state index in [-0.39, 0.29) is 5.92 Å². The van der Waals surface area contributed by atoms with Crippen LogP contribution in [0.3, 0.4) is 0 Å². The summed E-state index contributed by atoms with van der Waals surface area (Å²) in [7, 11) is 2.10. The molecule has 3 atom stereocenters. The fraction of sp³-hybridized carbons (Fsp3) is 0.524. The van der Waals surface area contributed by atoms with E-state index >= 15 is 0 Å². The van der Waals surface area contributed by atoms with Crippen LogP contribution in [0.1, 0.15) is 69.2 Å². The van der Waals surface area contributed by atoms with Crippen LogP contribution in [0.4, 0.5) is 5.69 Å². The van der Waals surface area contributed by atoms with Crippen LogP contribution < -0.4 is 5.73 Å². The van der Waals surface area contributed by atoms with Gasteiger partial charge in [0.2, 0.25) is 0 Å². The molecule has 3 rings (SSSR count). The summed E-state index contributed by atoms with van der Waals surface area (Å²) in [4.78, 5) is 11.9. The third-order valence-electron chi connectivity index (χ3n) is 6.10. The maximum atomic E-state index is 11.9. The number of ketones is 1. The van der Waals surface area contributed by atoms with E-state index in [0.717, 1.165) is 23.9 Å². The lowest BCUT2D eigenvalue weighted by Gasteiger charge is -2.44. The molecule has 1 aliphatic carbocycles. The van der Waals surface area contributed by atoms with Crippen LogP contribution in [0.25, 0.3) is 10.9 Å². The molecule has 1 aromatic heterocycles. The molecule has 0 bridgehead atoms. The summed E-state index contributed by atoms with van der Waals surface area (Å²) in [5.74, 6) is 1.75. The summed E-state index contributed by atoms with van der Waals surface area (Å²) >= 11 is 0. The molecule has 1 saturated carbocycles. The summed E-state index contributed by atoms with van der Waals surface area (Å²) in [6, 6.07) is 4.06. The number of aryl methyl sites for hydroxylation is 1. The van der Waals surface area contributed by atoms with Gasteiger partial charge in [-0.15, -0.1) is 0 Å². The monoisotopic (exact) mass is 339 g/mol. The summed E-state index contributed by atoms with van der Waals surface area (Å²) in [5, 5.41) is 8.79. The molecule has 2 aromatic rings. The molecular weight excluding hydrogens is 310 g/mol. The molecule has 1 heterocycles. The molecule has 0 radical (unpaired) electrons. The number of hydrogen-bond acceptors (Lipinski definition) is 3. The molecule has 25 heavy (non-hydrogen) atoms. The highest BCUT2D eigenvalue weighted by Gasteiger charge is 2.45. The van der Waals surface area contributed by atoms with Gasteiger partial charge in [0.15, 0.2) is 0 Å². The number of rotatable bonds is 5. The number of nitrogens with one attached hydrogen (secondary N) is 1. The summed E-state index contributed by atoms with van der Waals surface area (Å²) in [6.07, 6.45) is 3.29. The molecule has 1 aliphatic rings. The highest BCUT2D eigenvalue weighted by molar-refractivity contribution is 5.97. The van der Waals surface area contributed by atoms with Crippen molar-refractivity contribution in [2.24, 2.45) is 18.9 Å². The van der Waals surface area contributed by atoms with Crippen LogP contribution in [0.5, 0.6) is 0 Å². The van der Waals surface area contributed by atoms with E-state index in [1.165, 1.54) is 22.9 Å². The zero-order chi connectivity index (χ0) is 18.5. The van der Waals surface area contributed by atoms with Gasteiger partial charge in [0.05, 0.1) is 0 Å². The molecule has 3 unspecified atom stereocenters. The molecular formula is C21H29N3O. The Kier molecular flexibility index (Phi) is 4.48. The van der Waals surface area contributed by atoms with Gasteiger partial charge in [-0.25, -0.2) is 0 Å². The van der Waals surface area contributed by atoms with Crippen molar-refractivity contribution in [3.8, 4) is 0 Å². The Morgan fingerprint density at radius 1 is 1.44 bits per heavy atom. The smallest absolute Gasteiger partial charge is 0.133 e. The summed E-state index contributed by atoms with van der Waals surface area (Å²) < 4.78 is 2.26. The van der Waals surface area contributed by atoms with E-state index in [1.54, 1.807) is 6.92 Å². The number of Topliss-reactive ketones (excluding diaryl/α,β-unsaturated/α-hetero) is 1. The van der Waals surface area contributed by atoms with Gasteiger partial charge in [0.1, 0.15) is 5.78 Å². The van der Waals surface area contributed by atoms with Crippen molar-refractivity contribution in [3.05, 3.63) is 29.0 Å². The second kappa shape index (κ2) is 6.32. The van der Waals surface area contributed by atoms with Crippen molar-refractivity contribution < 1.29 is 4.79 Å². The molecule has 3 N–H and O–H groups in total. The van der Waals surface area contributed by atoms with Gasteiger partial charge >= 0.3 is 0 Å². The largest absolute Gasteiger partial charge is 0.398 e. The minimum absolute atomic E-state index is 0.198. The Morgan fingerprint density at radius 2 is 2.12 bits per heavy atom. The van der Waals surface area contributed by atoms with Gasteiger partial charge < -0.3 is 15.7 Å². The predicted octanol–water partition coefficient (Wildman–Crippen LogP) is 4.60. The maximum Gasteiger partial charge on any atom is 0.133 e. The van der Waals surface area contributed by atoms with Crippen molar-refractivity contribution >= 4 is 28.6 Å². The Hall–Kier alpha value is -2.10. The van der Waals surface area contributed by atoms with E-state index in [9.17, 15) is 4.79 Å². The number of aromatic nitrogens is 1. The standard InChI is InChI=1S/C21H29N3O/c1-6-14-15(12(4)25)8-16(14)20-17-9-18(23)13(10-22)7-19(17)24(5)21(20)11(2)3/h7,9-11,14-16,22H,6,8,23H2,1-5H3. The van der Waals surface area contributed by atoms with Gasteiger partial charge in [-0.05, 0) is 48.8 Å². The van der Waals surface area contributed by atoms with Gasteiger partial charge in [-0.2, -0.15) is 0 Å². The number of carbonyl (C=O) groups excluding carboxylic acids is 1. The van der Waals surface area contributed by atoms with Gasteiger partial charge in [0.25, 0.3) is 0 Å². The first kappa shape index (κ1) is 17.7.